The van der Waals surface area contributed by atoms with Gasteiger partial charge in [0.05, 0.1) is 0 Å². The monoisotopic (exact) mass is 263 g/mol. The molecule has 2 N–H and O–H groups in total. The van der Waals surface area contributed by atoms with Crippen molar-refractivity contribution in [2.75, 3.05) is 11.4 Å². The van der Waals surface area contributed by atoms with Crippen molar-refractivity contribution in [3.8, 4) is 0 Å². The number of hydrogen-bond donors (Lipinski definition) is 1. The Morgan fingerprint density at radius 1 is 1.26 bits per heavy atom. The molecule has 0 aliphatic rings. The molecule has 1 atom stereocenters. The molecule has 0 aromatic carbocycles. The largest absolute Gasteiger partial charge is 0.354 e. The number of hydrogen-bond acceptors (Lipinski definition) is 3. The average Bonchev–Trinajstić information content (AvgIpc) is 2.37. The summed E-state index contributed by atoms with van der Waals surface area (Å²) in [4.78, 5) is 7.22. The Labute approximate surface area is 118 Å². The second kappa shape index (κ2) is 6.38. The van der Waals surface area contributed by atoms with Gasteiger partial charge in [-0.15, -0.1) is 0 Å². The third-order valence-electron chi connectivity index (χ3n) is 3.63. The topological polar surface area (TPSA) is 42.1 Å². The smallest absolute Gasteiger partial charge is 0.129 e. The summed E-state index contributed by atoms with van der Waals surface area (Å²) in [7, 11) is 0. The Morgan fingerprint density at radius 2 is 1.89 bits per heavy atom. The molecule has 1 rings (SSSR count). The minimum atomic E-state index is 0.0504. The highest BCUT2D eigenvalue weighted by Crippen LogP contribution is 2.26. The molecule has 0 radical (unpaired) electrons. The van der Waals surface area contributed by atoms with Crippen LogP contribution in [0, 0.1) is 0 Å². The molecule has 0 amide bonds. The lowest BCUT2D eigenvalue weighted by Crippen LogP contribution is -2.33. The van der Waals surface area contributed by atoms with E-state index in [-0.39, 0.29) is 5.41 Å². The minimum Gasteiger partial charge on any atom is -0.354 e. The van der Waals surface area contributed by atoms with Gasteiger partial charge < -0.3 is 10.6 Å². The summed E-state index contributed by atoms with van der Waals surface area (Å²) in [6.07, 6.45) is 1.12. The van der Waals surface area contributed by atoms with E-state index >= 15 is 0 Å². The van der Waals surface area contributed by atoms with Crippen molar-refractivity contribution < 1.29 is 0 Å². The number of aromatic nitrogens is 1. The first kappa shape index (κ1) is 16.0. The van der Waals surface area contributed by atoms with Gasteiger partial charge in [-0.3, -0.25) is 0 Å². The highest BCUT2D eigenvalue weighted by Gasteiger charge is 2.20. The Morgan fingerprint density at radius 3 is 2.32 bits per heavy atom. The Bertz CT molecular complexity index is 407. The molecule has 3 nitrogen and oxygen atoms in total. The first-order valence-electron chi connectivity index (χ1n) is 7.31. The Kier molecular flexibility index (Phi) is 5.36. The average molecular weight is 263 g/mol. The molecule has 1 unspecified atom stereocenters. The van der Waals surface area contributed by atoms with Crippen molar-refractivity contribution in [1.82, 2.24) is 4.98 Å². The van der Waals surface area contributed by atoms with Crippen LogP contribution in [0.1, 0.15) is 59.2 Å². The van der Waals surface area contributed by atoms with E-state index in [1.807, 2.05) is 0 Å². The summed E-state index contributed by atoms with van der Waals surface area (Å²) in [6, 6.07) is 4.76. The van der Waals surface area contributed by atoms with Crippen LogP contribution >= 0.6 is 0 Å². The lowest BCUT2D eigenvalue weighted by molar-refractivity contribution is 0.561. The van der Waals surface area contributed by atoms with Gasteiger partial charge in [0.25, 0.3) is 0 Å². The van der Waals surface area contributed by atoms with Crippen LogP contribution in [-0.4, -0.2) is 17.6 Å². The third kappa shape index (κ3) is 3.93. The highest BCUT2D eigenvalue weighted by atomic mass is 15.2. The van der Waals surface area contributed by atoms with Gasteiger partial charge in [0.15, 0.2) is 0 Å². The summed E-state index contributed by atoms with van der Waals surface area (Å²) in [6.45, 7) is 14.8. The maximum Gasteiger partial charge on any atom is 0.129 e. The van der Waals surface area contributed by atoms with Gasteiger partial charge in [-0.05, 0) is 38.0 Å². The second-order valence-electron chi connectivity index (χ2n) is 6.22. The van der Waals surface area contributed by atoms with Crippen LogP contribution in [0.5, 0.6) is 0 Å². The van der Waals surface area contributed by atoms with E-state index in [9.17, 15) is 0 Å². The van der Waals surface area contributed by atoms with Crippen molar-refractivity contribution >= 4 is 5.82 Å². The summed E-state index contributed by atoms with van der Waals surface area (Å²) >= 11 is 0. The molecular formula is C16H29N3. The fraction of sp³-hybridized carbons (Fsp3) is 0.688. The van der Waals surface area contributed by atoms with Gasteiger partial charge >= 0.3 is 0 Å². The molecule has 1 aromatic rings. The van der Waals surface area contributed by atoms with E-state index < -0.39 is 0 Å². The molecule has 0 spiro atoms. The van der Waals surface area contributed by atoms with Crippen molar-refractivity contribution in [2.45, 2.75) is 66.0 Å². The van der Waals surface area contributed by atoms with Crippen molar-refractivity contribution in [1.29, 1.82) is 0 Å². The number of rotatable bonds is 5. The van der Waals surface area contributed by atoms with E-state index in [0.29, 0.717) is 12.6 Å². The molecular weight excluding hydrogens is 234 g/mol. The quantitative estimate of drug-likeness (QED) is 0.884. The maximum absolute atomic E-state index is 5.83. The van der Waals surface area contributed by atoms with Crippen LogP contribution in [0.2, 0.25) is 0 Å². The van der Waals surface area contributed by atoms with Crippen LogP contribution in [0.25, 0.3) is 0 Å². The van der Waals surface area contributed by atoms with E-state index in [1.165, 1.54) is 0 Å². The number of anilines is 1. The van der Waals surface area contributed by atoms with E-state index in [1.54, 1.807) is 0 Å². The summed E-state index contributed by atoms with van der Waals surface area (Å²) in [5.41, 5.74) is 8.17. The first-order valence-corrected chi connectivity index (χ1v) is 7.31. The van der Waals surface area contributed by atoms with Gasteiger partial charge in [-0.2, -0.15) is 0 Å². The molecule has 1 heterocycles. The predicted molar refractivity (Wildman–Crippen MR) is 83.6 cm³/mol. The Hall–Kier alpha value is -1.09. The third-order valence-corrected chi connectivity index (χ3v) is 3.63. The zero-order valence-corrected chi connectivity index (χ0v) is 13.3. The zero-order valence-electron chi connectivity index (χ0n) is 13.3. The fourth-order valence-corrected chi connectivity index (χ4v) is 2.14. The number of nitrogens with zero attached hydrogens (tertiary/aromatic N) is 2. The van der Waals surface area contributed by atoms with Crippen LogP contribution in [-0.2, 0) is 12.0 Å². The fourth-order valence-electron chi connectivity index (χ4n) is 2.14. The standard InChI is InChI=1S/C16H29N3/c1-7-12(3)19(8-2)15-10-13(11-17)9-14(18-15)16(4,5)6/h9-10,12H,7-8,11,17H2,1-6H3. The lowest BCUT2D eigenvalue weighted by Gasteiger charge is -2.30. The van der Waals surface area contributed by atoms with Crippen molar-refractivity contribution in [3.63, 3.8) is 0 Å². The molecule has 3 heteroatoms. The van der Waals surface area contributed by atoms with E-state index in [4.69, 9.17) is 10.7 Å². The molecule has 108 valence electrons. The van der Waals surface area contributed by atoms with Crippen LogP contribution in [0.15, 0.2) is 12.1 Å². The van der Waals surface area contributed by atoms with Crippen molar-refractivity contribution in [3.05, 3.63) is 23.4 Å². The van der Waals surface area contributed by atoms with Crippen LogP contribution < -0.4 is 10.6 Å². The zero-order chi connectivity index (χ0) is 14.6. The van der Waals surface area contributed by atoms with Gasteiger partial charge in [-0.25, -0.2) is 4.98 Å². The second-order valence-corrected chi connectivity index (χ2v) is 6.22. The van der Waals surface area contributed by atoms with Gasteiger partial charge in [0.1, 0.15) is 5.82 Å². The summed E-state index contributed by atoms with van der Waals surface area (Å²) in [5.74, 6) is 1.06. The Balaban J connectivity index is 3.26. The minimum absolute atomic E-state index is 0.0504. The normalized spacial score (nSPS) is 13.4. The summed E-state index contributed by atoms with van der Waals surface area (Å²) in [5, 5.41) is 0. The maximum atomic E-state index is 5.83. The number of pyridine rings is 1. The molecule has 0 saturated carbocycles. The molecule has 0 aliphatic carbocycles. The van der Waals surface area contributed by atoms with Crippen LogP contribution in [0.3, 0.4) is 0 Å². The highest BCUT2D eigenvalue weighted by molar-refractivity contribution is 5.44. The van der Waals surface area contributed by atoms with E-state index in [0.717, 1.165) is 30.0 Å². The lowest BCUT2D eigenvalue weighted by atomic mass is 9.90. The molecule has 0 aliphatic heterocycles. The summed E-state index contributed by atoms with van der Waals surface area (Å²) < 4.78 is 0. The molecule has 0 fully saturated rings. The first-order chi connectivity index (χ1) is 8.83. The van der Waals surface area contributed by atoms with Crippen LogP contribution in [0.4, 0.5) is 5.82 Å². The van der Waals surface area contributed by atoms with Gasteiger partial charge in [-0.1, -0.05) is 27.7 Å². The number of nitrogens with two attached hydrogens (primary N) is 1. The molecule has 19 heavy (non-hydrogen) atoms. The van der Waals surface area contributed by atoms with E-state index in [2.05, 4.69) is 58.6 Å². The molecule has 0 bridgehead atoms. The SMILES string of the molecule is CCC(C)N(CC)c1cc(CN)cc(C(C)(C)C)n1. The molecule has 1 aromatic heterocycles. The predicted octanol–water partition coefficient (Wildman–Crippen LogP) is 3.46. The van der Waals surface area contributed by atoms with Gasteiger partial charge in [0, 0.05) is 30.2 Å². The van der Waals surface area contributed by atoms with Crippen molar-refractivity contribution in [2.24, 2.45) is 5.73 Å². The van der Waals surface area contributed by atoms with Gasteiger partial charge in [0.2, 0.25) is 0 Å². The molecule has 0 saturated heterocycles.